The first-order valence-electron chi connectivity index (χ1n) is 5.28. The van der Waals surface area contributed by atoms with E-state index in [4.69, 9.17) is 5.11 Å². The van der Waals surface area contributed by atoms with Gasteiger partial charge in [-0.2, -0.15) is 0 Å². The number of carbonyl (C=O) groups is 2. The van der Waals surface area contributed by atoms with Crippen molar-refractivity contribution in [2.24, 2.45) is 0 Å². The molecular weight excluding hydrogens is 241 g/mol. The van der Waals surface area contributed by atoms with Gasteiger partial charge in [0.05, 0.1) is 13.0 Å². The Morgan fingerprint density at radius 2 is 2.22 bits per heavy atom. The Morgan fingerprint density at radius 3 is 2.78 bits per heavy atom. The highest BCUT2D eigenvalue weighted by Crippen LogP contribution is 2.04. The molecule has 1 unspecified atom stereocenters. The molecule has 2 N–H and O–H groups in total. The summed E-state index contributed by atoms with van der Waals surface area (Å²) < 4.78 is 17.6. The average Bonchev–Trinajstić information content (AvgIpc) is 2.28. The number of carboxylic acids is 1. The third-order valence-electron chi connectivity index (χ3n) is 2.22. The van der Waals surface area contributed by atoms with Crippen molar-refractivity contribution in [3.05, 3.63) is 35.6 Å². The van der Waals surface area contributed by atoms with Crippen LogP contribution in [0.1, 0.15) is 5.56 Å². The van der Waals surface area contributed by atoms with Crippen LogP contribution in [-0.2, 0) is 20.7 Å². The fraction of sp³-hybridized carbons (Fsp3) is 0.333. The summed E-state index contributed by atoms with van der Waals surface area (Å²) in [5, 5.41) is 11.1. The fourth-order valence-electron chi connectivity index (χ4n) is 1.42. The van der Waals surface area contributed by atoms with E-state index in [1.54, 1.807) is 6.07 Å². The number of nitrogens with one attached hydrogen (secondary N) is 1. The van der Waals surface area contributed by atoms with E-state index in [1.165, 1.54) is 25.3 Å². The lowest BCUT2D eigenvalue weighted by Gasteiger charge is -2.13. The molecule has 1 amide bonds. The van der Waals surface area contributed by atoms with Crippen molar-refractivity contribution in [3.8, 4) is 0 Å². The Balaban J connectivity index is 2.57. The van der Waals surface area contributed by atoms with E-state index in [9.17, 15) is 14.0 Å². The minimum atomic E-state index is -1.18. The lowest BCUT2D eigenvalue weighted by Crippen LogP contribution is -2.44. The standard InChI is InChI=1S/C12H14FNO4/c1-18-7-10(12(16)17)14-11(15)6-8-3-2-4-9(13)5-8/h2-5,10H,6-7H2,1H3,(H,14,15)(H,16,17). The summed E-state index contributed by atoms with van der Waals surface area (Å²) in [4.78, 5) is 22.3. The number of carboxylic acid groups (broad SMARTS) is 1. The van der Waals surface area contributed by atoms with Crippen LogP contribution in [0.4, 0.5) is 4.39 Å². The van der Waals surface area contributed by atoms with Gasteiger partial charge in [0, 0.05) is 7.11 Å². The summed E-state index contributed by atoms with van der Waals surface area (Å²) in [5.74, 6) is -2.11. The number of methoxy groups -OCH3 is 1. The van der Waals surface area contributed by atoms with Crippen LogP contribution in [-0.4, -0.2) is 36.7 Å². The number of benzene rings is 1. The SMILES string of the molecule is COCC(NC(=O)Cc1cccc(F)c1)C(=O)O. The molecule has 6 heteroatoms. The minimum absolute atomic E-state index is 0.0781. The first kappa shape index (κ1) is 14.1. The number of carbonyl (C=O) groups excluding carboxylic acids is 1. The molecule has 98 valence electrons. The number of aliphatic carboxylic acids is 1. The Hall–Kier alpha value is -1.95. The normalized spacial score (nSPS) is 11.9. The van der Waals surface area contributed by atoms with Crippen molar-refractivity contribution in [2.45, 2.75) is 12.5 Å². The van der Waals surface area contributed by atoms with Gasteiger partial charge in [0.15, 0.2) is 6.04 Å². The molecule has 0 spiro atoms. The van der Waals surface area contributed by atoms with Gasteiger partial charge in [-0.3, -0.25) is 4.79 Å². The molecule has 0 aliphatic heterocycles. The lowest BCUT2D eigenvalue weighted by molar-refractivity contribution is -0.143. The third-order valence-corrected chi connectivity index (χ3v) is 2.22. The zero-order valence-corrected chi connectivity index (χ0v) is 9.85. The quantitative estimate of drug-likeness (QED) is 0.779. The van der Waals surface area contributed by atoms with Crippen LogP contribution in [0.15, 0.2) is 24.3 Å². The summed E-state index contributed by atoms with van der Waals surface area (Å²) in [7, 11) is 1.34. The maximum absolute atomic E-state index is 12.9. The molecule has 0 heterocycles. The van der Waals surface area contributed by atoms with Crippen molar-refractivity contribution < 1.29 is 23.8 Å². The Morgan fingerprint density at radius 1 is 1.50 bits per heavy atom. The zero-order chi connectivity index (χ0) is 13.5. The number of hydrogen-bond donors (Lipinski definition) is 2. The molecule has 0 bridgehead atoms. The summed E-state index contributed by atoms with van der Waals surface area (Å²) in [5.41, 5.74) is 0.481. The Labute approximate surface area is 104 Å². The van der Waals surface area contributed by atoms with E-state index in [2.05, 4.69) is 10.1 Å². The van der Waals surface area contributed by atoms with E-state index in [0.717, 1.165) is 0 Å². The molecule has 1 aromatic rings. The molecule has 1 aromatic carbocycles. The van der Waals surface area contributed by atoms with Gasteiger partial charge in [-0.15, -0.1) is 0 Å². The zero-order valence-electron chi connectivity index (χ0n) is 9.85. The first-order chi connectivity index (χ1) is 8.52. The van der Waals surface area contributed by atoms with Crippen LogP contribution in [0.5, 0.6) is 0 Å². The maximum atomic E-state index is 12.9. The number of hydrogen-bond acceptors (Lipinski definition) is 3. The van der Waals surface area contributed by atoms with E-state index < -0.39 is 23.7 Å². The third kappa shape index (κ3) is 4.50. The molecular formula is C12H14FNO4. The van der Waals surface area contributed by atoms with Crippen LogP contribution >= 0.6 is 0 Å². The molecule has 0 aliphatic rings. The topological polar surface area (TPSA) is 75.6 Å². The Bertz CT molecular complexity index is 436. The molecule has 5 nitrogen and oxygen atoms in total. The molecule has 1 atom stereocenters. The van der Waals surface area contributed by atoms with Gasteiger partial charge in [0.2, 0.25) is 5.91 Å². The predicted molar refractivity (Wildman–Crippen MR) is 61.5 cm³/mol. The van der Waals surface area contributed by atoms with Crippen molar-refractivity contribution in [2.75, 3.05) is 13.7 Å². The molecule has 0 aliphatic carbocycles. The molecule has 1 rings (SSSR count). The van der Waals surface area contributed by atoms with Gasteiger partial charge >= 0.3 is 5.97 Å². The van der Waals surface area contributed by atoms with Crippen LogP contribution in [0, 0.1) is 5.82 Å². The molecule has 0 saturated carbocycles. The summed E-state index contributed by atoms with van der Waals surface area (Å²) in [6.07, 6.45) is -0.0781. The van der Waals surface area contributed by atoms with Crippen molar-refractivity contribution in [1.29, 1.82) is 0 Å². The molecule has 0 radical (unpaired) electrons. The summed E-state index contributed by atoms with van der Waals surface area (Å²) >= 11 is 0. The smallest absolute Gasteiger partial charge is 0.328 e. The fourth-order valence-corrected chi connectivity index (χ4v) is 1.42. The summed E-state index contributed by atoms with van der Waals surface area (Å²) in [6.45, 7) is -0.121. The van der Waals surface area contributed by atoms with Crippen molar-refractivity contribution in [1.82, 2.24) is 5.32 Å². The van der Waals surface area contributed by atoms with Crippen molar-refractivity contribution >= 4 is 11.9 Å². The van der Waals surface area contributed by atoms with Gasteiger partial charge in [0.25, 0.3) is 0 Å². The van der Waals surface area contributed by atoms with Gasteiger partial charge < -0.3 is 15.2 Å². The lowest BCUT2D eigenvalue weighted by atomic mass is 10.1. The summed E-state index contributed by atoms with van der Waals surface area (Å²) in [6, 6.07) is 4.48. The monoisotopic (exact) mass is 255 g/mol. The largest absolute Gasteiger partial charge is 0.480 e. The van der Waals surface area contributed by atoms with E-state index in [1.807, 2.05) is 0 Å². The van der Waals surface area contributed by atoms with E-state index >= 15 is 0 Å². The van der Waals surface area contributed by atoms with Crippen LogP contribution in [0.2, 0.25) is 0 Å². The first-order valence-corrected chi connectivity index (χ1v) is 5.28. The van der Waals surface area contributed by atoms with Gasteiger partial charge in [-0.05, 0) is 17.7 Å². The second kappa shape index (κ2) is 6.70. The molecule has 0 fully saturated rings. The second-order valence-corrected chi connectivity index (χ2v) is 3.72. The minimum Gasteiger partial charge on any atom is -0.480 e. The van der Waals surface area contributed by atoms with E-state index in [-0.39, 0.29) is 13.0 Å². The van der Waals surface area contributed by atoms with E-state index in [0.29, 0.717) is 5.56 Å². The van der Waals surface area contributed by atoms with Crippen LogP contribution in [0.25, 0.3) is 0 Å². The van der Waals surface area contributed by atoms with Crippen LogP contribution < -0.4 is 5.32 Å². The number of rotatable bonds is 6. The highest BCUT2D eigenvalue weighted by atomic mass is 19.1. The Kier molecular flexibility index (Phi) is 5.26. The maximum Gasteiger partial charge on any atom is 0.328 e. The van der Waals surface area contributed by atoms with Gasteiger partial charge in [0.1, 0.15) is 5.82 Å². The molecule has 0 aromatic heterocycles. The predicted octanol–water partition coefficient (Wildman–Crippen LogP) is 0.584. The van der Waals surface area contributed by atoms with Gasteiger partial charge in [-0.25, -0.2) is 9.18 Å². The number of halogens is 1. The van der Waals surface area contributed by atoms with Crippen molar-refractivity contribution in [3.63, 3.8) is 0 Å². The molecule has 18 heavy (non-hydrogen) atoms. The molecule has 0 saturated heterocycles. The number of amides is 1. The average molecular weight is 255 g/mol. The van der Waals surface area contributed by atoms with Crippen LogP contribution in [0.3, 0.4) is 0 Å². The van der Waals surface area contributed by atoms with Gasteiger partial charge in [-0.1, -0.05) is 12.1 Å². The number of ether oxygens (including phenoxy) is 1. The second-order valence-electron chi connectivity index (χ2n) is 3.72. The highest BCUT2D eigenvalue weighted by molar-refractivity contribution is 5.84. The highest BCUT2D eigenvalue weighted by Gasteiger charge is 2.19.